The largest absolute Gasteiger partial charge is 0.465 e. The second-order valence-corrected chi connectivity index (χ2v) is 13.3. The maximum absolute atomic E-state index is 14.6. The first kappa shape index (κ1) is 30.4. The molecular formula is C32H44N2O5S. The molecule has 1 spiro atoms. The van der Waals surface area contributed by atoms with Gasteiger partial charge in [-0.15, -0.1) is 24.9 Å². The Labute approximate surface area is 243 Å². The van der Waals surface area contributed by atoms with Crippen molar-refractivity contribution >= 4 is 29.5 Å². The minimum atomic E-state index is -0.788. The van der Waals surface area contributed by atoms with E-state index in [0.29, 0.717) is 19.7 Å². The van der Waals surface area contributed by atoms with Gasteiger partial charge in [-0.1, -0.05) is 63.3 Å². The second kappa shape index (κ2) is 12.9. The van der Waals surface area contributed by atoms with Crippen LogP contribution in [0.3, 0.4) is 0 Å². The number of carbonyl (C=O) groups is 3. The number of esters is 1. The molecule has 1 aromatic rings. The average molecular weight is 569 g/mol. The molecule has 7 nitrogen and oxygen atoms in total. The fraction of sp³-hybridized carbons (Fsp3) is 0.594. The molecule has 3 saturated heterocycles. The molecule has 8 heteroatoms. The smallest absolute Gasteiger partial charge is 0.310 e. The van der Waals surface area contributed by atoms with Crippen molar-refractivity contribution in [2.45, 2.75) is 75.1 Å². The Kier molecular flexibility index (Phi) is 9.83. The van der Waals surface area contributed by atoms with Gasteiger partial charge in [0.15, 0.2) is 0 Å². The van der Waals surface area contributed by atoms with Crippen LogP contribution in [-0.4, -0.2) is 74.5 Å². The van der Waals surface area contributed by atoms with Crippen LogP contribution in [0.25, 0.3) is 0 Å². The molecule has 3 heterocycles. The van der Waals surface area contributed by atoms with Crippen molar-refractivity contribution in [2.75, 3.05) is 19.8 Å². The quantitative estimate of drug-likeness (QED) is 0.203. The first-order valence-corrected chi connectivity index (χ1v) is 15.4. The van der Waals surface area contributed by atoms with Crippen LogP contribution in [0.15, 0.2) is 55.6 Å². The number of carbonyl (C=O) groups excluding carboxylic acids is 3. The van der Waals surface area contributed by atoms with E-state index in [0.717, 1.165) is 31.2 Å². The van der Waals surface area contributed by atoms with Gasteiger partial charge in [0.25, 0.3) is 0 Å². The van der Waals surface area contributed by atoms with E-state index in [1.807, 2.05) is 50.3 Å². The summed E-state index contributed by atoms with van der Waals surface area (Å²) < 4.78 is 4.97. The number of amides is 2. The summed E-state index contributed by atoms with van der Waals surface area (Å²) in [5.74, 6) is -1.99. The van der Waals surface area contributed by atoms with Crippen LogP contribution in [0.5, 0.6) is 0 Å². The standard InChI is InChI=1S/C32H44N2O5S/c1-6-8-9-13-17-39-31(38)26-25-18-22(5)32(40-25)27(26)29(36)34(24(20-35)21(3)4)28(32)30(37)33(16-7-2)19-23-14-11-10-12-15-23/h6-7,10-12,14-15,21-22,24-28,35H,1-2,8-9,13,16-20H2,3-5H3/t22?,24-,25-,26+,27-,28?,32?/m0/s1. The lowest BCUT2D eigenvalue weighted by molar-refractivity contribution is -0.155. The van der Waals surface area contributed by atoms with Crippen LogP contribution in [0.2, 0.25) is 0 Å². The van der Waals surface area contributed by atoms with Gasteiger partial charge in [0.2, 0.25) is 11.8 Å². The monoisotopic (exact) mass is 568 g/mol. The van der Waals surface area contributed by atoms with Gasteiger partial charge < -0.3 is 19.6 Å². The summed E-state index contributed by atoms with van der Waals surface area (Å²) in [7, 11) is 0. The van der Waals surface area contributed by atoms with Crippen molar-refractivity contribution in [3.63, 3.8) is 0 Å². The summed E-state index contributed by atoms with van der Waals surface area (Å²) in [5.41, 5.74) is 0.986. The zero-order chi connectivity index (χ0) is 29.0. The van der Waals surface area contributed by atoms with Crippen LogP contribution < -0.4 is 0 Å². The fourth-order valence-corrected chi connectivity index (χ4v) is 9.40. The number of unbranched alkanes of at least 4 members (excludes halogenated alkanes) is 2. The molecule has 0 aromatic heterocycles. The van der Waals surface area contributed by atoms with Crippen molar-refractivity contribution in [3.8, 4) is 0 Å². The Morgan fingerprint density at radius 2 is 1.95 bits per heavy atom. The number of aliphatic hydroxyl groups is 1. The molecular weight excluding hydrogens is 524 g/mol. The van der Waals surface area contributed by atoms with Gasteiger partial charge in [-0.3, -0.25) is 14.4 Å². The van der Waals surface area contributed by atoms with Gasteiger partial charge in [-0.25, -0.2) is 0 Å². The number of ether oxygens (including phenoxy) is 1. The van der Waals surface area contributed by atoms with E-state index in [9.17, 15) is 19.5 Å². The number of thioether (sulfide) groups is 1. The Morgan fingerprint density at radius 1 is 1.23 bits per heavy atom. The van der Waals surface area contributed by atoms with E-state index in [1.54, 1.807) is 27.6 Å². The van der Waals surface area contributed by atoms with E-state index in [2.05, 4.69) is 20.1 Å². The maximum atomic E-state index is 14.6. The molecule has 4 rings (SSSR count). The third-order valence-corrected chi connectivity index (χ3v) is 11.0. The van der Waals surface area contributed by atoms with Gasteiger partial charge in [0.1, 0.15) is 6.04 Å². The molecule has 218 valence electrons. The Morgan fingerprint density at radius 3 is 2.58 bits per heavy atom. The van der Waals surface area contributed by atoms with E-state index in [4.69, 9.17) is 4.74 Å². The number of hydrogen-bond donors (Lipinski definition) is 1. The summed E-state index contributed by atoms with van der Waals surface area (Å²) in [4.78, 5) is 45.9. The predicted octanol–water partition coefficient (Wildman–Crippen LogP) is 4.45. The number of nitrogens with zero attached hydrogens (tertiary/aromatic N) is 2. The van der Waals surface area contributed by atoms with Gasteiger partial charge in [-0.2, -0.15) is 0 Å². The van der Waals surface area contributed by atoms with Crippen LogP contribution in [0.4, 0.5) is 0 Å². The van der Waals surface area contributed by atoms with Gasteiger partial charge in [0.05, 0.1) is 35.8 Å². The predicted molar refractivity (Wildman–Crippen MR) is 158 cm³/mol. The Bertz CT molecular complexity index is 1090. The third-order valence-electron chi connectivity index (χ3n) is 8.93. The number of fused-ring (bicyclic) bond motifs is 1. The number of rotatable bonds is 14. The van der Waals surface area contributed by atoms with Gasteiger partial charge >= 0.3 is 5.97 Å². The number of aliphatic hydroxyl groups excluding tert-OH is 1. The number of hydrogen-bond acceptors (Lipinski definition) is 6. The summed E-state index contributed by atoms with van der Waals surface area (Å²) in [5, 5.41) is 10.4. The van der Waals surface area contributed by atoms with Crippen molar-refractivity contribution in [1.29, 1.82) is 0 Å². The van der Waals surface area contributed by atoms with Crippen molar-refractivity contribution in [3.05, 3.63) is 61.2 Å². The average Bonchev–Trinajstić information content (AvgIpc) is 3.52. The Hall–Kier alpha value is -2.58. The molecule has 0 radical (unpaired) electrons. The lowest BCUT2D eigenvalue weighted by atomic mass is 9.66. The van der Waals surface area contributed by atoms with Crippen molar-refractivity contribution in [1.82, 2.24) is 9.80 Å². The molecule has 0 aliphatic carbocycles. The second-order valence-electron chi connectivity index (χ2n) is 11.7. The highest BCUT2D eigenvalue weighted by Crippen LogP contribution is 2.69. The third kappa shape index (κ3) is 5.37. The highest BCUT2D eigenvalue weighted by Gasteiger charge is 2.77. The minimum Gasteiger partial charge on any atom is -0.465 e. The molecule has 3 fully saturated rings. The van der Waals surface area contributed by atoms with E-state index in [-0.39, 0.29) is 41.5 Å². The lowest BCUT2D eigenvalue weighted by Gasteiger charge is -2.42. The minimum absolute atomic E-state index is 0.0425. The Balaban J connectivity index is 1.71. The van der Waals surface area contributed by atoms with Crippen LogP contribution >= 0.6 is 11.8 Å². The lowest BCUT2D eigenvalue weighted by Crippen LogP contribution is -2.59. The van der Waals surface area contributed by atoms with Gasteiger partial charge in [-0.05, 0) is 43.1 Å². The maximum Gasteiger partial charge on any atom is 0.310 e. The van der Waals surface area contributed by atoms with E-state index < -0.39 is 28.7 Å². The molecule has 0 saturated carbocycles. The molecule has 1 N–H and O–H groups in total. The van der Waals surface area contributed by atoms with Crippen LogP contribution in [0, 0.1) is 23.7 Å². The van der Waals surface area contributed by atoms with Crippen molar-refractivity contribution in [2.24, 2.45) is 23.7 Å². The molecule has 2 bridgehead atoms. The van der Waals surface area contributed by atoms with Crippen LogP contribution in [0.1, 0.15) is 52.0 Å². The normalized spacial score (nSPS) is 29.4. The molecule has 3 unspecified atom stereocenters. The summed E-state index contributed by atoms with van der Waals surface area (Å²) in [6.45, 7) is 14.4. The van der Waals surface area contributed by atoms with Crippen molar-refractivity contribution < 1.29 is 24.2 Å². The van der Waals surface area contributed by atoms with Gasteiger partial charge in [0, 0.05) is 18.3 Å². The summed E-state index contributed by atoms with van der Waals surface area (Å²) in [6, 6.07) is 8.45. The molecule has 7 atom stereocenters. The van der Waals surface area contributed by atoms with Crippen LogP contribution in [-0.2, 0) is 25.7 Å². The first-order valence-electron chi connectivity index (χ1n) is 14.5. The van der Waals surface area contributed by atoms with E-state index in [1.165, 1.54) is 0 Å². The molecule has 2 amide bonds. The summed E-state index contributed by atoms with van der Waals surface area (Å²) in [6.07, 6.45) is 6.79. The molecule has 3 aliphatic rings. The summed E-state index contributed by atoms with van der Waals surface area (Å²) >= 11 is 1.64. The number of allylic oxidation sites excluding steroid dienone is 1. The number of likely N-dealkylation sites (tertiary alicyclic amines) is 1. The molecule has 1 aromatic carbocycles. The van der Waals surface area contributed by atoms with E-state index >= 15 is 0 Å². The SMILES string of the molecule is C=CCCCCOC(=O)[C@@H]1[C@@H]2CC(C)C3(S2)C(C(=O)N(CC=C)Cc2ccccc2)N([C@@H](CO)C(C)C)C(=O)[C@H]13. The zero-order valence-electron chi connectivity index (χ0n) is 24.0. The molecule has 40 heavy (non-hydrogen) atoms. The molecule has 3 aliphatic heterocycles. The first-order chi connectivity index (χ1) is 19.2. The highest BCUT2D eigenvalue weighted by atomic mass is 32.2. The number of benzene rings is 1. The topological polar surface area (TPSA) is 87.2 Å². The fourth-order valence-electron chi connectivity index (χ4n) is 7.01. The zero-order valence-corrected chi connectivity index (χ0v) is 24.9. The highest BCUT2D eigenvalue weighted by molar-refractivity contribution is 8.02.